The maximum absolute atomic E-state index is 6.32. The van der Waals surface area contributed by atoms with E-state index in [-0.39, 0.29) is 0 Å². The average Bonchev–Trinajstić information content (AvgIpc) is 3.43. The van der Waals surface area contributed by atoms with Gasteiger partial charge >= 0.3 is 0 Å². The van der Waals surface area contributed by atoms with E-state index in [0.29, 0.717) is 11.5 Å². The van der Waals surface area contributed by atoms with Crippen LogP contribution in [-0.4, -0.2) is 21.9 Å². The third kappa shape index (κ3) is 3.76. The zero-order valence-corrected chi connectivity index (χ0v) is 19.1. The van der Waals surface area contributed by atoms with E-state index in [1.807, 2.05) is 67.0 Å². The van der Waals surface area contributed by atoms with Crippen molar-refractivity contribution in [3.8, 4) is 22.9 Å². The second-order valence-electron chi connectivity index (χ2n) is 7.64. The Morgan fingerprint density at radius 1 is 0.735 bits per heavy atom. The number of pyridine rings is 1. The lowest BCUT2D eigenvalue weighted by Gasteiger charge is -2.32. The molecule has 0 spiro atoms. The lowest BCUT2D eigenvalue weighted by molar-refractivity contribution is 0.408. The highest BCUT2D eigenvalue weighted by atomic mass is 32.2. The number of nitrogens with zero attached hydrogens (tertiary/aromatic N) is 4. The highest BCUT2D eigenvalue weighted by Gasteiger charge is 2.26. The first-order valence-corrected chi connectivity index (χ1v) is 11.6. The number of fused-ring (bicyclic) bond motifs is 2. The van der Waals surface area contributed by atoms with Crippen LogP contribution in [0.4, 0.5) is 17.2 Å². The van der Waals surface area contributed by atoms with E-state index in [0.717, 1.165) is 33.5 Å². The van der Waals surface area contributed by atoms with Gasteiger partial charge in [0.1, 0.15) is 23.1 Å². The highest BCUT2D eigenvalue weighted by Crippen LogP contribution is 2.51. The summed E-state index contributed by atoms with van der Waals surface area (Å²) in [6.45, 7) is 0. The minimum atomic E-state index is 0.665. The topological polar surface area (TPSA) is 52.4 Å². The number of methoxy groups -OCH3 is 1. The molecule has 5 aromatic rings. The predicted molar refractivity (Wildman–Crippen MR) is 133 cm³/mol. The molecule has 0 bridgehead atoms. The molecule has 3 heterocycles. The van der Waals surface area contributed by atoms with E-state index in [1.54, 1.807) is 29.8 Å². The number of benzene rings is 3. The van der Waals surface area contributed by atoms with Gasteiger partial charge in [-0.3, -0.25) is 4.90 Å². The molecule has 166 valence electrons. The molecular weight excluding hydrogens is 444 g/mol. The molecule has 34 heavy (non-hydrogen) atoms. The van der Waals surface area contributed by atoms with Crippen LogP contribution in [0, 0.1) is 0 Å². The van der Waals surface area contributed by atoms with Crippen molar-refractivity contribution in [2.45, 2.75) is 9.79 Å². The number of hydrogen-bond donors (Lipinski definition) is 0. The van der Waals surface area contributed by atoms with Gasteiger partial charge in [0, 0.05) is 52.6 Å². The highest BCUT2D eigenvalue weighted by molar-refractivity contribution is 7.99. The number of para-hydroxylation sites is 1. The minimum Gasteiger partial charge on any atom is -0.497 e. The Hall–Kier alpha value is -4.23. The normalized spacial score (nSPS) is 12.1. The fraction of sp³-hybridized carbons (Fsp3) is 0.0370. The lowest BCUT2D eigenvalue weighted by atomic mass is 10.2. The molecule has 2 aromatic heterocycles. The zero-order valence-electron chi connectivity index (χ0n) is 18.3. The van der Waals surface area contributed by atoms with Crippen LogP contribution in [0.5, 0.6) is 17.2 Å². The van der Waals surface area contributed by atoms with E-state index in [4.69, 9.17) is 9.47 Å². The SMILES string of the molecule is COc1cc(Oc2ccc3c(c2)N(c2ccccn2)c2ccccc2S3)cc(-n2cccn2)c1. The van der Waals surface area contributed by atoms with Crippen LogP contribution in [-0.2, 0) is 0 Å². The van der Waals surface area contributed by atoms with Gasteiger partial charge in [-0.25, -0.2) is 9.67 Å². The molecule has 0 radical (unpaired) electrons. The largest absolute Gasteiger partial charge is 0.497 e. The maximum Gasteiger partial charge on any atom is 0.137 e. The molecule has 1 aliphatic rings. The molecule has 0 N–H and O–H groups in total. The molecule has 7 heteroatoms. The standard InChI is InChI=1S/C27H20N4O2S/c1-32-21-15-19(30-14-6-13-29-30)16-22(17-21)33-20-10-11-26-24(18-20)31(27-9-4-5-12-28-27)23-7-2-3-8-25(23)34-26/h2-18H,1H3. The Morgan fingerprint density at radius 3 is 2.41 bits per heavy atom. The van der Waals surface area contributed by atoms with Crippen molar-refractivity contribution in [2.24, 2.45) is 0 Å². The summed E-state index contributed by atoms with van der Waals surface area (Å²) >= 11 is 1.75. The molecule has 6 nitrogen and oxygen atoms in total. The summed E-state index contributed by atoms with van der Waals surface area (Å²) in [4.78, 5) is 9.13. The minimum absolute atomic E-state index is 0.665. The third-order valence-corrected chi connectivity index (χ3v) is 6.61. The fourth-order valence-corrected chi connectivity index (χ4v) is 4.99. The van der Waals surface area contributed by atoms with Crippen molar-refractivity contribution in [1.82, 2.24) is 14.8 Å². The van der Waals surface area contributed by atoms with Crippen molar-refractivity contribution in [3.63, 3.8) is 0 Å². The Morgan fingerprint density at radius 2 is 1.59 bits per heavy atom. The Balaban J connectivity index is 1.41. The summed E-state index contributed by atoms with van der Waals surface area (Å²) in [7, 11) is 1.64. The van der Waals surface area contributed by atoms with Gasteiger partial charge in [-0.1, -0.05) is 30.0 Å². The summed E-state index contributed by atoms with van der Waals surface area (Å²) in [6, 6.07) is 28.0. The van der Waals surface area contributed by atoms with E-state index in [2.05, 4.69) is 45.3 Å². The number of aromatic nitrogens is 3. The van der Waals surface area contributed by atoms with Gasteiger partial charge in [-0.05, 0) is 42.5 Å². The van der Waals surface area contributed by atoms with Gasteiger partial charge in [-0.2, -0.15) is 5.10 Å². The van der Waals surface area contributed by atoms with E-state index >= 15 is 0 Å². The zero-order chi connectivity index (χ0) is 22.9. The van der Waals surface area contributed by atoms with Gasteiger partial charge in [0.15, 0.2) is 0 Å². The van der Waals surface area contributed by atoms with E-state index in [1.165, 1.54) is 4.90 Å². The van der Waals surface area contributed by atoms with E-state index < -0.39 is 0 Å². The van der Waals surface area contributed by atoms with Crippen molar-refractivity contribution in [2.75, 3.05) is 12.0 Å². The van der Waals surface area contributed by atoms with Crippen LogP contribution in [0.1, 0.15) is 0 Å². The quantitative estimate of drug-likeness (QED) is 0.274. The van der Waals surface area contributed by atoms with Gasteiger partial charge in [0.2, 0.25) is 0 Å². The molecule has 0 aliphatic carbocycles. The van der Waals surface area contributed by atoms with Crippen LogP contribution < -0.4 is 14.4 Å². The number of anilines is 3. The van der Waals surface area contributed by atoms with Crippen LogP contribution in [0.15, 0.2) is 113 Å². The van der Waals surface area contributed by atoms with Crippen molar-refractivity contribution < 1.29 is 9.47 Å². The molecule has 0 fully saturated rings. The second-order valence-corrected chi connectivity index (χ2v) is 8.73. The van der Waals surface area contributed by atoms with Crippen molar-refractivity contribution in [3.05, 3.63) is 104 Å². The van der Waals surface area contributed by atoms with Crippen LogP contribution >= 0.6 is 11.8 Å². The summed E-state index contributed by atoms with van der Waals surface area (Å²) in [5, 5.41) is 4.32. The molecule has 0 atom stereocenters. The molecule has 3 aromatic carbocycles. The molecule has 0 unspecified atom stereocenters. The first-order valence-electron chi connectivity index (χ1n) is 10.8. The van der Waals surface area contributed by atoms with Crippen molar-refractivity contribution >= 4 is 29.0 Å². The number of rotatable bonds is 5. The monoisotopic (exact) mass is 464 g/mol. The Labute approximate surface area is 201 Å². The summed E-state index contributed by atoms with van der Waals surface area (Å²) in [6.07, 6.45) is 5.44. The average molecular weight is 465 g/mol. The molecule has 0 saturated heterocycles. The molecule has 0 amide bonds. The van der Waals surface area contributed by atoms with Crippen LogP contribution in [0.25, 0.3) is 5.69 Å². The Bertz CT molecular complexity index is 1460. The molecular formula is C27H20N4O2S. The third-order valence-electron chi connectivity index (χ3n) is 5.48. The molecule has 6 rings (SSSR count). The Kier molecular flexibility index (Phi) is 5.16. The van der Waals surface area contributed by atoms with Crippen LogP contribution in [0.2, 0.25) is 0 Å². The molecule has 1 aliphatic heterocycles. The van der Waals surface area contributed by atoms with Gasteiger partial charge < -0.3 is 9.47 Å². The van der Waals surface area contributed by atoms with Crippen LogP contribution in [0.3, 0.4) is 0 Å². The summed E-state index contributed by atoms with van der Waals surface area (Å²) in [5.41, 5.74) is 2.98. The van der Waals surface area contributed by atoms with E-state index in [9.17, 15) is 0 Å². The fourth-order valence-electron chi connectivity index (χ4n) is 3.95. The first-order chi connectivity index (χ1) is 16.8. The predicted octanol–water partition coefficient (Wildman–Crippen LogP) is 7.00. The smallest absolute Gasteiger partial charge is 0.137 e. The van der Waals surface area contributed by atoms with Gasteiger partial charge in [-0.15, -0.1) is 0 Å². The number of ether oxygens (including phenoxy) is 2. The second kappa shape index (κ2) is 8.61. The molecule has 0 saturated carbocycles. The van der Waals surface area contributed by atoms with Gasteiger partial charge in [0.25, 0.3) is 0 Å². The van der Waals surface area contributed by atoms with Gasteiger partial charge in [0.05, 0.1) is 24.2 Å². The van der Waals surface area contributed by atoms with Crippen molar-refractivity contribution in [1.29, 1.82) is 0 Å². The maximum atomic E-state index is 6.32. The summed E-state index contributed by atoms with van der Waals surface area (Å²) in [5.74, 6) is 2.94. The first kappa shape index (κ1) is 20.4. The summed E-state index contributed by atoms with van der Waals surface area (Å²) < 4.78 is 13.6. The lowest BCUT2D eigenvalue weighted by Crippen LogP contribution is -2.15. The number of hydrogen-bond acceptors (Lipinski definition) is 6.